The van der Waals surface area contributed by atoms with Crippen molar-refractivity contribution >= 4 is 23.3 Å². The Bertz CT molecular complexity index is 983. The van der Waals surface area contributed by atoms with E-state index in [-0.39, 0.29) is 12.1 Å². The quantitative estimate of drug-likeness (QED) is 0.468. The lowest BCUT2D eigenvalue weighted by Gasteiger charge is -2.43. The fourth-order valence-electron chi connectivity index (χ4n) is 5.65. The summed E-state index contributed by atoms with van der Waals surface area (Å²) in [7, 11) is 4.68. The Morgan fingerprint density at radius 3 is 2.19 bits per heavy atom. The average molecular weight is 516 g/mol. The maximum absolute atomic E-state index is 13.0. The number of ether oxygens (including phenoxy) is 3. The molecule has 2 fully saturated rings. The number of likely N-dealkylation sites (tertiary alicyclic amines) is 1. The standard InChI is InChI=1S/C28H38ClN3O4/c1-34-25-17-22(18-26(35-2)27(25)36-3)30-28(33)31-23-6-4-5-7-24(23)32-14-12-20(13-15-32)16-19-8-10-21(29)11-9-19/h8-11,17-18,20,23-24H,4-7,12-16H2,1-3H3,(H2,30,31,33)/t23-,24-/m1/s1. The van der Waals surface area contributed by atoms with Crippen molar-refractivity contribution in [3.8, 4) is 17.2 Å². The van der Waals surface area contributed by atoms with Crippen LogP contribution < -0.4 is 24.8 Å². The number of benzene rings is 2. The number of anilines is 1. The Balaban J connectivity index is 1.33. The van der Waals surface area contributed by atoms with Crippen molar-refractivity contribution in [2.24, 2.45) is 5.92 Å². The van der Waals surface area contributed by atoms with Crippen LogP contribution in [-0.2, 0) is 6.42 Å². The molecule has 0 radical (unpaired) electrons. The molecular formula is C28H38ClN3O4. The Hall–Kier alpha value is -2.64. The van der Waals surface area contributed by atoms with Gasteiger partial charge in [-0.2, -0.15) is 0 Å². The SMILES string of the molecule is COc1cc(NC(=O)N[C@@H]2CCCC[C@H]2N2CCC(Cc3ccc(Cl)cc3)CC2)cc(OC)c1OC. The third kappa shape index (κ3) is 6.56. The Labute approximate surface area is 219 Å². The van der Waals surface area contributed by atoms with Gasteiger partial charge in [0.05, 0.1) is 27.0 Å². The summed E-state index contributed by atoms with van der Waals surface area (Å²) in [5.41, 5.74) is 1.95. The number of carbonyl (C=O) groups is 1. The smallest absolute Gasteiger partial charge is 0.319 e. The van der Waals surface area contributed by atoms with Gasteiger partial charge in [0.15, 0.2) is 11.5 Å². The lowest BCUT2D eigenvalue weighted by molar-refractivity contribution is 0.0859. The van der Waals surface area contributed by atoms with E-state index in [2.05, 4.69) is 27.7 Å². The minimum absolute atomic E-state index is 0.133. The first-order valence-electron chi connectivity index (χ1n) is 12.9. The summed E-state index contributed by atoms with van der Waals surface area (Å²) >= 11 is 6.04. The van der Waals surface area contributed by atoms with Gasteiger partial charge in [-0.25, -0.2) is 4.79 Å². The molecule has 2 aromatic rings. The summed E-state index contributed by atoms with van der Waals surface area (Å²) in [5.74, 6) is 2.20. The third-order valence-electron chi connectivity index (χ3n) is 7.52. The van der Waals surface area contributed by atoms with Crippen LogP contribution in [0.15, 0.2) is 36.4 Å². The third-order valence-corrected chi connectivity index (χ3v) is 7.78. The second-order valence-corrected chi connectivity index (χ2v) is 10.2. The topological polar surface area (TPSA) is 72.1 Å². The van der Waals surface area contributed by atoms with Crippen LogP contribution in [0.2, 0.25) is 5.02 Å². The maximum Gasteiger partial charge on any atom is 0.319 e. The molecule has 1 aliphatic heterocycles. The number of hydrogen-bond donors (Lipinski definition) is 2. The molecule has 196 valence electrons. The number of hydrogen-bond acceptors (Lipinski definition) is 5. The van der Waals surface area contributed by atoms with Crippen molar-refractivity contribution in [1.82, 2.24) is 10.2 Å². The van der Waals surface area contributed by atoms with E-state index in [9.17, 15) is 4.79 Å². The van der Waals surface area contributed by atoms with E-state index in [1.54, 1.807) is 33.5 Å². The molecular weight excluding hydrogens is 478 g/mol. The van der Waals surface area contributed by atoms with Crippen LogP contribution >= 0.6 is 11.6 Å². The molecule has 0 spiro atoms. The summed E-state index contributed by atoms with van der Waals surface area (Å²) in [5, 5.41) is 7.01. The number of urea groups is 1. The van der Waals surface area contributed by atoms with E-state index in [0.717, 1.165) is 43.8 Å². The van der Waals surface area contributed by atoms with Crippen molar-refractivity contribution in [1.29, 1.82) is 0 Å². The molecule has 2 aliphatic rings. The van der Waals surface area contributed by atoms with Gasteiger partial charge in [-0.15, -0.1) is 0 Å². The molecule has 1 saturated carbocycles. The number of amides is 2. The summed E-state index contributed by atoms with van der Waals surface area (Å²) in [6, 6.07) is 12.0. The highest BCUT2D eigenvalue weighted by Gasteiger charge is 2.33. The molecule has 0 unspecified atom stereocenters. The first kappa shape index (κ1) is 26.4. The van der Waals surface area contributed by atoms with Crippen molar-refractivity contribution in [3.05, 3.63) is 47.0 Å². The predicted molar refractivity (Wildman–Crippen MR) is 144 cm³/mol. The predicted octanol–water partition coefficient (Wildman–Crippen LogP) is 5.75. The van der Waals surface area contributed by atoms with Crippen LogP contribution in [0.4, 0.5) is 10.5 Å². The molecule has 2 aromatic carbocycles. The summed E-state index contributed by atoms with van der Waals surface area (Å²) in [6.45, 7) is 2.16. The van der Waals surface area contributed by atoms with E-state index in [1.807, 2.05) is 12.1 Å². The number of nitrogens with one attached hydrogen (secondary N) is 2. The highest BCUT2D eigenvalue weighted by molar-refractivity contribution is 6.30. The number of halogens is 1. The zero-order valence-corrected chi connectivity index (χ0v) is 22.3. The second-order valence-electron chi connectivity index (χ2n) is 9.78. The molecule has 7 nitrogen and oxygen atoms in total. The molecule has 2 atom stereocenters. The van der Waals surface area contributed by atoms with Gasteiger partial charge in [0, 0.05) is 29.2 Å². The number of nitrogens with zero attached hydrogens (tertiary/aromatic N) is 1. The van der Waals surface area contributed by atoms with Gasteiger partial charge >= 0.3 is 6.03 Å². The van der Waals surface area contributed by atoms with Crippen LogP contribution in [0.1, 0.15) is 44.1 Å². The van der Waals surface area contributed by atoms with Gasteiger partial charge < -0.3 is 24.8 Å². The largest absolute Gasteiger partial charge is 0.493 e. The first-order chi connectivity index (χ1) is 17.5. The van der Waals surface area contributed by atoms with Gasteiger partial charge in [-0.1, -0.05) is 36.6 Å². The Morgan fingerprint density at radius 1 is 0.944 bits per heavy atom. The van der Waals surface area contributed by atoms with E-state index in [4.69, 9.17) is 25.8 Å². The van der Waals surface area contributed by atoms with E-state index in [0.29, 0.717) is 34.9 Å². The lowest BCUT2D eigenvalue weighted by Crippen LogP contribution is -2.55. The number of methoxy groups -OCH3 is 3. The molecule has 1 aliphatic carbocycles. The van der Waals surface area contributed by atoms with Gasteiger partial charge in [0.1, 0.15) is 0 Å². The molecule has 2 amide bonds. The van der Waals surface area contributed by atoms with Gasteiger partial charge in [-0.05, 0) is 68.8 Å². The zero-order chi connectivity index (χ0) is 25.5. The number of carbonyl (C=O) groups excluding carboxylic acids is 1. The fourth-order valence-corrected chi connectivity index (χ4v) is 5.77. The molecule has 0 aromatic heterocycles. The van der Waals surface area contributed by atoms with Gasteiger partial charge in [-0.3, -0.25) is 4.90 Å². The zero-order valence-electron chi connectivity index (χ0n) is 21.5. The van der Waals surface area contributed by atoms with Crippen LogP contribution in [0, 0.1) is 5.92 Å². The Morgan fingerprint density at radius 2 is 1.58 bits per heavy atom. The molecule has 8 heteroatoms. The highest BCUT2D eigenvalue weighted by atomic mass is 35.5. The van der Waals surface area contributed by atoms with E-state index < -0.39 is 0 Å². The number of rotatable bonds is 8. The van der Waals surface area contributed by atoms with Crippen molar-refractivity contribution in [3.63, 3.8) is 0 Å². The normalized spacial score (nSPS) is 21.0. The summed E-state index contributed by atoms with van der Waals surface area (Å²) < 4.78 is 16.2. The minimum atomic E-state index is -0.209. The molecule has 2 N–H and O–H groups in total. The van der Waals surface area contributed by atoms with Crippen molar-refractivity contribution in [2.75, 3.05) is 39.7 Å². The van der Waals surface area contributed by atoms with Crippen LogP contribution in [0.5, 0.6) is 17.2 Å². The second kappa shape index (κ2) is 12.5. The monoisotopic (exact) mass is 515 g/mol. The maximum atomic E-state index is 13.0. The number of piperidine rings is 1. The van der Waals surface area contributed by atoms with Crippen molar-refractivity contribution < 1.29 is 19.0 Å². The van der Waals surface area contributed by atoms with Gasteiger partial charge in [0.25, 0.3) is 0 Å². The van der Waals surface area contributed by atoms with Crippen molar-refractivity contribution in [2.45, 2.75) is 57.0 Å². The molecule has 1 heterocycles. The first-order valence-corrected chi connectivity index (χ1v) is 13.2. The average Bonchev–Trinajstić information content (AvgIpc) is 2.90. The summed E-state index contributed by atoms with van der Waals surface area (Å²) in [4.78, 5) is 15.6. The lowest BCUT2D eigenvalue weighted by atomic mass is 9.85. The molecule has 36 heavy (non-hydrogen) atoms. The highest BCUT2D eigenvalue weighted by Crippen LogP contribution is 2.40. The fraction of sp³-hybridized carbons (Fsp3) is 0.536. The van der Waals surface area contributed by atoms with E-state index >= 15 is 0 Å². The van der Waals surface area contributed by atoms with Gasteiger partial charge in [0.2, 0.25) is 5.75 Å². The minimum Gasteiger partial charge on any atom is -0.493 e. The van der Waals surface area contributed by atoms with E-state index in [1.165, 1.54) is 24.8 Å². The molecule has 0 bridgehead atoms. The summed E-state index contributed by atoms with van der Waals surface area (Å²) in [6.07, 6.45) is 7.94. The van der Waals surface area contributed by atoms with Crippen LogP contribution in [-0.4, -0.2) is 57.4 Å². The Kier molecular flexibility index (Phi) is 9.21. The van der Waals surface area contributed by atoms with Crippen LogP contribution in [0.25, 0.3) is 0 Å². The molecule has 4 rings (SSSR count). The molecule has 1 saturated heterocycles. The van der Waals surface area contributed by atoms with Crippen LogP contribution in [0.3, 0.4) is 0 Å².